The Bertz CT molecular complexity index is 542. The maximum absolute atomic E-state index is 11.9. The number of nitrogens with one attached hydrogen (secondary N) is 1. The number of carbonyl (C=O) groups excluding carboxylic acids is 2. The van der Waals surface area contributed by atoms with Gasteiger partial charge in [0.25, 0.3) is 5.91 Å². The molecule has 0 unspecified atom stereocenters. The summed E-state index contributed by atoms with van der Waals surface area (Å²) >= 11 is 6.00. The smallest absolute Gasteiger partial charge is 0.267 e. The van der Waals surface area contributed by atoms with Crippen molar-refractivity contribution in [2.75, 3.05) is 7.05 Å². The Morgan fingerprint density at radius 3 is 2.84 bits per heavy atom. The Morgan fingerprint density at radius 2 is 2.16 bits per heavy atom. The molecule has 0 spiro atoms. The molecule has 1 N–H and O–H groups in total. The summed E-state index contributed by atoms with van der Waals surface area (Å²) in [6, 6.07) is 7.31. The molecule has 0 radical (unpaired) electrons. The molecule has 0 saturated carbocycles. The summed E-state index contributed by atoms with van der Waals surface area (Å²) < 4.78 is 0. The first kappa shape index (κ1) is 13.5. The average Bonchev–Trinajstić information content (AvgIpc) is 2.40. The van der Waals surface area contributed by atoms with Crippen LogP contribution >= 0.6 is 11.6 Å². The number of halogens is 1. The fourth-order valence-corrected chi connectivity index (χ4v) is 1.95. The molecule has 19 heavy (non-hydrogen) atoms. The van der Waals surface area contributed by atoms with E-state index in [0.717, 1.165) is 5.56 Å². The van der Waals surface area contributed by atoms with E-state index in [-0.39, 0.29) is 11.8 Å². The molecule has 100 valence electrons. The van der Waals surface area contributed by atoms with Gasteiger partial charge in [-0.1, -0.05) is 29.8 Å². The van der Waals surface area contributed by atoms with Crippen molar-refractivity contribution < 1.29 is 9.59 Å². The van der Waals surface area contributed by atoms with Crippen molar-refractivity contribution >= 4 is 29.1 Å². The van der Waals surface area contributed by atoms with Crippen LogP contribution in [0.4, 0.5) is 0 Å². The van der Waals surface area contributed by atoms with Crippen molar-refractivity contribution in [3.8, 4) is 0 Å². The Hall–Kier alpha value is -1.88. The molecule has 1 aromatic rings. The summed E-state index contributed by atoms with van der Waals surface area (Å²) in [6.07, 6.45) is 0.687. The van der Waals surface area contributed by atoms with Gasteiger partial charge in [-0.25, -0.2) is 5.01 Å². The molecule has 0 aliphatic carbocycles. The van der Waals surface area contributed by atoms with E-state index >= 15 is 0 Å². The number of hydrazone groups is 1. The van der Waals surface area contributed by atoms with Crippen molar-refractivity contribution in [2.24, 2.45) is 5.10 Å². The highest BCUT2D eigenvalue weighted by Gasteiger charge is 2.21. The van der Waals surface area contributed by atoms with Crippen molar-refractivity contribution in [3.63, 3.8) is 0 Å². The number of rotatable bonds is 3. The zero-order chi connectivity index (χ0) is 13.8. The van der Waals surface area contributed by atoms with Crippen LogP contribution in [0.5, 0.6) is 0 Å². The van der Waals surface area contributed by atoms with Crippen LogP contribution in [0.2, 0.25) is 5.02 Å². The first-order valence-corrected chi connectivity index (χ1v) is 6.31. The first-order valence-electron chi connectivity index (χ1n) is 5.93. The highest BCUT2D eigenvalue weighted by Crippen LogP contribution is 2.14. The highest BCUT2D eigenvalue weighted by molar-refractivity contribution is 6.39. The van der Waals surface area contributed by atoms with Gasteiger partial charge in [-0.3, -0.25) is 9.59 Å². The van der Waals surface area contributed by atoms with Gasteiger partial charge in [0.1, 0.15) is 5.71 Å². The minimum atomic E-state index is -0.265. The predicted molar refractivity (Wildman–Crippen MR) is 72.7 cm³/mol. The number of amides is 2. The molecule has 1 aliphatic rings. The zero-order valence-electron chi connectivity index (χ0n) is 10.5. The quantitative estimate of drug-likeness (QED) is 0.913. The van der Waals surface area contributed by atoms with Gasteiger partial charge in [0, 0.05) is 31.5 Å². The molecular weight excluding hydrogens is 266 g/mol. The van der Waals surface area contributed by atoms with Crippen LogP contribution in [0.1, 0.15) is 18.4 Å². The summed E-state index contributed by atoms with van der Waals surface area (Å²) in [6.45, 7) is 0.342. The highest BCUT2D eigenvalue weighted by atomic mass is 35.5. The van der Waals surface area contributed by atoms with Crippen molar-refractivity contribution in [3.05, 3.63) is 34.9 Å². The molecule has 0 aromatic heterocycles. The number of hydrogen-bond donors (Lipinski definition) is 1. The molecule has 5 nitrogen and oxygen atoms in total. The van der Waals surface area contributed by atoms with Crippen LogP contribution in [-0.2, 0) is 16.1 Å². The Labute approximate surface area is 116 Å². The normalized spacial score (nSPS) is 15.2. The maximum atomic E-state index is 11.9. The molecule has 0 fully saturated rings. The maximum Gasteiger partial charge on any atom is 0.267 e. The number of nitrogens with zero attached hydrogens (tertiary/aromatic N) is 2. The summed E-state index contributed by atoms with van der Waals surface area (Å²) in [5.74, 6) is -0.345. The van der Waals surface area contributed by atoms with Crippen LogP contribution in [-0.4, -0.2) is 29.6 Å². The van der Waals surface area contributed by atoms with Crippen molar-refractivity contribution in [1.29, 1.82) is 0 Å². The standard InChI is InChI=1S/C13H14ClN3O2/c1-17-12(18)7-6-11(16-17)13(19)15-8-9-4-2-3-5-10(9)14/h2-5H,6-8H2,1H3,(H,15,19). The molecule has 0 saturated heterocycles. The predicted octanol–water partition coefficient (Wildman–Crippen LogP) is 1.56. The SMILES string of the molecule is CN1N=C(C(=O)NCc2ccccc2Cl)CCC1=O. The number of carbonyl (C=O) groups is 2. The molecule has 1 aliphatic heterocycles. The molecule has 0 atom stereocenters. The molecule has 1 aromatic carbocycles. The Balaban J connectivity index is 1.97. The van der Waals surface area contributed by atoms with Gasteiger partial charge in [-0.15, -0.1) is 0 Å². The average molecular weight is 280 g/mol. The van der Waals surface area contributed by atoms with Gasteiger partial charge < -0.3 is 5.32 Å². The lowest BCUT2D eigenvalue weighted by molar-refractivity contribution is -0.130. The third kappa shape index (κ3) is 3.32. The first-order chi connectivity index (χ1) is 9.08. The lowest BCUT2D eigenvalue weighted by Gasteiger charge is -2.19. The molecule has 0 bridgehead atoms. The van der Waals surface area contributed by atoms with Crippen molar-refractivity contribution in [2.45, 2.75) is 19.4 Å². The van der Waals surface area contributed by atoms with E-state index in [2.05, 4.69) is 10.4 Å². The summed E-state index contributed by atoms with van der Waals surface area (Å²) in [5.41, 5.74) is 1.22. The number of benzene rings is 1. The second kappa shape index (κ2) is 5.84. The summed E-state index contributed by atoms with van der Waals surface area (Å²) in [5, 5.41) is 8.52. The van der Waals surface area contributed by atoms with Gasteiger partial charge in [-0.2, -0.15) is 5.10 Å². The monoisotopic (exact) mass is 279 g/mol. The van der Waals surface area contributed by atoms with E-state index in [9.17, 15) is 9.59 Å². The lowest BCUT2D eigenvalue weighted by Crippen LogP contribution is -2.37. The largest absolute Gasteiger partial charge is 0.347 e. The molecule has 2 rings (SSSR count). The fraction of sp³-hybridized carbons (Fsp3) is 0.308. The van der Waals surface area contributed by atoms with E-state index < -0.39 is 0 Å². The zero-order valence-corrected chi connectivity index (χ0v) is 11.3. The second-order valence-corrected chi connectivity index (χ2v) is 4.65. The minimum absolute atomic E-state index is 0.0809. The lowest BCUT2D eigenvalue weighted by atomic mass is 10.1. The Kier molecular flexibility index (Phi) is 4.16. The van der Waals surface area contributed by atoms with E-state index in [1.54, 1.807) is 13.1 Å². The summed E-state index contributed by atoms with van der Waals surface area (Å²) in [4.78, 5) is 23.2. The minimum Gasteiger partial charge on any atom is -0.347 e. The van der Waals surface area contributed by atoms with Gasteiger partial charge >= 0.3 is 0 Å². The third-order valence-electron chi connectivity index (χ3n) is 2.87. The van der Waals surface area contributed by atoms with E-state index in [4.69, 9.17) is 11.6 Å². The fourth-order valence-electron chi connectivity index (χ4n) is 1.75. The van der Waals surface area contributed by atoms with Crippen LogP contribution in [0, 0.1) is 0 Å². The van der Waals surface area contributed by atoms with Gasteiger partial charge in [0.05, 0.1) is 0 Å². The van der Waals surface area contributed by atoms with E-state index in [1.807, 2.05) is 18.2 Å². The van der Waals surface area contributed by atoms with E-state index in [1.165, 1.54) is 5.01 Å². The van der Waals surface area contributed by atoms with Gasteiger partial charge in [0.15, 0.2) is 0 Å². The summed E-state index contributed by atoms with van der Waals surface area (Å²) in [7, 11) is 1.54. The topological polar surface area (TPSA) is 61.8 Å². The van der Waals surface area contributed by atoms with E-state index in [0.29, 0.717) is 30.1 Å². The van der Waals surface area contributed by atoms with Gasteiger partial charge in [-0.05, 0) is 11.6 Å². The van der Waals surface area contributed by atoms with Crippen molar-refractivity contribution in [1.82, 2.24) is 10.3 Å². The Morgan fingerprint density at radius 1 is 1.42 bits per heavy atom. The third-order valence-corrected chi connectivity index (χ3v) is 3.24. The molecule has 6 heteroatoms. The van der Waals surface area contributed by atoms with Crippen LogP contribution < -0.4 is 5.32 Å². The van der Waals surface area contributed by atoms with Crippen LogP contribution in [0.15, 0.2) is 29.4 Å². The number of hydrogen-bond acceptors (Lipinski definition) is 3. The molecule has 1 heterocycles. The molecule has 2 amide bonds. The van der Waals surface area contributed by atoms with Crippen LogP contribution in [0.3, 0.4) is 0 Å². The van der Waals surface area contributed by atoms with Gasteiger partial charge in [0.2, 0.25) is 5.91 Å². The van der Waals surface area contributed by atoms with Crippen LogP contribution in [0.25, 0.3) is 0 Å². The molecular formula is C13H14ClN3O2. The second-order valence-electron chi connectivity index (χ2n) is 4.24.